The zero-order valence-electron chi connectivity index (χ0n) is 11.9. The summed E-state index contributed by atoms with van der Waals surface area (Å²) < 4.78 is 4.81. The average Bonchev–Trinajstić information content (AvgIpc) is 3.00. The predicted molar refractivity (Wildman–Crippen MR) is 86.8 cm³/mol. The molecule has 0 aliphatic heterocycles. The van der Waals surface area contributed by atoms with Crippen molar-refractivity contribution in [3.8, 4) is 11.1 Å². The topological polar surface area (TPSA) is 61.7 Å². The Morgan fingerprint density at radius 3 is 2.76 bits per heavy atom. The molecule has 0 aliphatic carbocycles. The molecular weight excluding hydrogens is 330 g/mol. The first-order chi connectivity index (χ1) is 10.0. The Labute approximate surface area is 131 Å². The third-order valence-corrected chi connectivity index (χ3v) is 4.46. The Balaban J connectivity index is 1.89. The quantitative estimate of drug-likeness (QED) is 0.742. The molecule has 0 aliphatic rings. The predicted octanol–water partition coefficient (Wildman–Crippen LogP) is 2.99. The monoisotopic (exact) mass is 345 g/mol. The van der Waals surface area contributed by atoms with Crippen molar-refractivity contribution >= 4 is 21.6 Å². The fraction of sp³-hybridized carbons (Fsp3) is 0.200. The van der Waals surface area contributed by atoms with Crippen molar-refractivity contribution in [2.24, 2.45) is 7.05 Å². The van der Waals surface area contributed by atoms with Crippen LogP contribution in [0.3, 0.4) is 0 Å². The lowest BCUT2D eigenvalue weighted by Crippen LogP contribution is -2.06. The summed E-state index contributed by atoms with van der Waals surface area (Å²) in [6.45, 7) is 2.65. The van der Waals surface area contributed by atoms with Crippen LogP contribution in [0.4, 0.5) is 5.69 Å². The van der Waals surface area contributed by atoms with Crippen LogP contribution in [0.1, 0.15) is 11.4 Å². The molecule has 108 valence electrons. The summed E-state index contributed by atoms with van der Waals surface area (Å²) in [6, 6.07) is 7.81. The van der Waals surface area contributed by atoms with E-state index >= 15 is 0 Å². The summed E-state index contributed by atoms with van der Waals surface area (Å²) in [7, 11) is 1.94. The van der Waals surface area contributed by atoms with Crippen LogP contribution < -0.4 is 5.73 Å². The third kappa shape index (κ3) is 2.71. The molecule has 5 nitrogen and oxygen atoms in total. The summed E-state index contributed by atoms with van der Waals surface area (Å²) in [6.07, 6.45) is 3.87. The first-order valence-electron chi connectivity index (χ1n) is 6.61. The standard InChI is InChI=1S/C15H16BrN5/c1-10-15(16)14(20(2)19-10)9-21-8-12(7-18-21)11-4-3-5-13(17)6-11/h3-8H,9,17H2,1-2H3. The van der Waals surface area contributed by atoms with Gasteiger partial charge in [-0.05, 0) is 40.5 Å². The molecule has 2 heterocycles. The van der Waals surface area contributed by atoms with Gasteiger partial charge < -0.3 is 5.73 Å². The zero-order chi connectivity index (χ0) is 15.0. The summed E-state index contributed by atoms with van der Waals surface area (Å²) in [4.78, 5) is 0. The Morgan fingerprint density at radius 1 is 1.29 bits per heavy atom. The number of aromatic nitrogens is 4. The van der Waals surface area contributed by atoms with Crippen LogP contribution in [0.5, 0.6) is 0 Å². The number of hydrogen-bond acceptors (Lipinski definition) is 3. The van der Waals surface area contributed by atoms with Crippen molar-refractivity contribution in [1.29, 1.82) is 0 Å². The lowest BCUT2D eigenvalue weighted by Gasteiger charge is -2.03. The fourth-order valence-corrected chi connectivity index (χ4v) is 2.78. The fourth-order valence-electron chi connectivity index (χ4n) is 2.32. The van der Waals surface area contributed by atoms with Gasteiger partial charge in [0.25, 0.3) is 0 Å². The lowest BCUT2D eigenvalue weighted by atomic mass is 10.1. The van der Waals surface area contributed by atoms with E-state index in [0.717, 1.165) is 32.7 Å². The number of halogens is 1. The second kappa shape index (κ2) is 5.37. The molecule has 0 radical (unpaired) electrons. The molecule has 0 saturated heterocycles. The highest BCUT2D eigenvalue weighted by Gasteiger charge is 2.12. The van der Waals surface area contributed by atoms with Crippen LogP contribution in [0.15, 0.2) is 41.1 Å². The van der Waals surface area contributed by atoms with Crippen LogP contribution in [0.25, 0.3) is 11.1 Å². The highest BCUT2D eigenvalue weighted by molar-refractivity contribution is 9.10. The molecule has 0 spiro atoms. The lowest BCUT2D eigenvalue weighted by molar-refractivity contribution is 0.617. The molecule has 6 heteroatoms. The summed E-state index contributed by atoms with van der Waals surface area (Å²) in [5.74, 6) is 0. The number of nitrogen functional groups attached to an aromatic ring is 1. The number of aryl methyl sites for hydroxylation is 2. The van der Waals surface area contributed by atoms with Crippen molar-refractivity contribution in [1.82, 2.24) is 19.6 Å². The van der Waals surface area contributed by atoms with Crippen LogP contribution in [-0.4, -0.2) is 19.6 Å². The first-order valence-corrected chi connectivity index (χ1v) is 7.40. The van der Waals surface area contributed by atoms with Crippen molar-refractivity contribution in [3.63, 3.8) is 0 Å². The van der Waals surface area contributed by atoms with E-state index in [1.807, 2.05) is 60.0 Å². The average molecular weight is 346 g/mol. The van der Waals surface area contributed by atoms with Gasteiger partial charge in [0, 0.05) is 24.5 Å². The van der Waals surface area contributed by atoms with Crippen LogP contribution in [0, 0.1) is 6.92 Å². The molecule has 0 atom stereocenters. The van der Waals surface area contributed by atoms with E-state index in [-0.39, 0.29) is 0 Å². The molecule has 21 heavy (non-hydrogen) atoms. The Morgan fingerprint density at radius 2 is 2.10 bits per heavy atom. The largest absolute Gasteiger partial charge is 0.399 e. The Kier molecular flexibility index (Phi) is 3.55. The molecule has 0 unspecified atom stereocenters. The van der Waals surface area contributed by atoms with Gasteiger partial charge in [0.1, 0.15) is 0 Å². The number of benzene rings is 1. The molecule has 0 saturated carbocycles. The van der Waals surface area contributed by atoms with Gasteiger partial charge in [-0.1, -0.05) is 12.1 Å². The summed E-state index contributed by atoms with van der Waals surface area (Å²) in [5, 5.41) is 8.82. The molecule has 1 aromatic carbocycles. The molecule has 3 aromatic rings. The van der Waals surface area contributed by atoms with E-state index in [9.17, 15) is 0 Å². The number of nitrogens with two attached hydrogens (primary N) is 1. The second-order valence-corrected chi connectivity index (χ2v) is 5.81. The minimum atomic E-state index is 0.667. The van der Waals surface area contributed by atoms with E-state index in [1.54, 1.807) is 0 Å². The van der Waals surface area contributed by atoms with Gasteiger partial charge >= 0.3 is 0 Å². The minimum Gasteiger partial charge on any atom is -0.399 e. The van der Waals surface area contributed by atoms with Crippen LogP contribution in [0.2, 0.25) is 0 Å². The maximum Gasteiger partial charge on any atom is 0.0839 e. The Hall–Kier alpha value is -2.08. The van der Waals surface area contributed by atoms with Gasteiger partial charge in [0.15, 0.2) is 0 Å². The van der Waals surface area contributed by atoms with Gasteiger partial charge in [0.05, 0.1) is 28.6 Å². The van der Waals surface area contributed by atoms with Gasteiger partial charge in [-0.3, -0.25) is 9.36 Å². The van der Waals surface area contributed by atoms with Gasteiger partial charge in [-0.25, -0.2) is 0 Å². The smallest absolute Gasteiger partial charge is 0.0839 e. The number of anilines is 1. The van der Waals surface area contributed by atoms with E-state index in [1.165, 1.54) is 0 Å². The van der Waals surface area contributed by atoms with Gasteiger partial charge in [0.2, 0.25) is 0 Å². The highest BCUT2D eigenvalue weighted by atomic mass is 79.9. The number of hydrogen-bond donors (Lipinski definition) is 1. The molecule has 0 fully saturated rings. The first kappa shape index (κ1) is 13.9. The van der Waals surface area contributed by atoms with Crippen LogP contribution >= 0.6 is 15.9 Å². The van der Waals surface area contributed by atoms with Crippen molar-refractivity contribution in [2.75, 3.05) is 5.73 Å². The molecular formula is C15H16BrN5. The van der Waals surface area contributed by atoms with Gasteiger partial charge in [-0.2, -0.15) is 10.2 Å². The Bertz CT molecular complexity index is 787. The van der Waals surface area contributed by atoms with E-state index in [0.29, 0.717) is 6.54 Å². The molecule has 2 aromatic heterocycles. The zero-order valence-corrected chi connectivity index (χ0v) is 13.5. The third-order valence-electron chi connectivity index (χ3n) is 3.43. The SMILES string of the molecule is Cc1nn(C)c(Cn2cc(-c3cccc(N)c3)cn2)c1Br. The van der Waals surface area contributed by atoms with Crippen molar-refractivity contribution < 1.29 is 0 Å². The molecule has 0 amide bonds. The maximum absolute atomic E-state index is 5.82. The maximum atomic E-state index is 5.82. The summed E-state index contributed by atoms with van der Waals surface area (Å²) >= 11 is 3.58. The number of rotatable bonds is 3. The molecule has 3 rings (SSSR count). The van der Waals surface area contributed by atoms with Crippen LogP contribution in [-0.2, 0) is 13.6 Å². The van der Waals surface area contributed by atoms with Gasteiger partial charge in [-0.15, -0.1) is 0 Å². The summed E-state index contributed by atoms with van der Waals surface area (Å²) in [5.41, 5.74) is 10.8. The van der Waals surface area contributed by atoms with E-state index in [2.05, 4.69) is 26.1 Å². The van der Waals surface area contributed by atoms with E-state index < -0.39 is 0 Å². The van der Waals surface area contributed by atoms with Crippen molar-refractivity contribution in [2.45, 2.75) is 13.5 Å². The normalized spacial score (nSPS) is 11.0. The molecule has 0 bridgehead atoms. The highest BCUT2D eigenvalue weighted by Crippen LogP contribution is 2.23. The minimum absolute atomic E-state index is 0.667. The second-order valence-electron chi connectivity index (χ2n) is 5.02. The molecule has 2 N–H and O–H groups in total. The number of nitrogens with zero attached hydrogens (tertiary/aromatic N) is 4. The van der Waals surface area contributed by atoms with E-state index in [4.69, 9.17) is 5.73 Å². The van der Waals surface area contributed by atoms with Crippen molar-refractivity contribution in [3.05, 3.63) is 52.5 Å².